The second kappa shape index (κ2) is 11.2. The highest BCUT2D eigenvalue weighted by Gasteiger charge is 2.21. The number of likely N-dealkylation sites (tertiary alicyclic amines) is 1. The van der Waals surface area contributed by atoms with Crippen LogP contribution in [0.1, 0.15) is 32.3 Å². The van der Waals surface area contributed by atoms with Crippen LogP contribution in [0.4, 0.5) is 0 Å². The van der Waals surface area contributed by atoms with E-state index in [-0.39, 0.29) is 5.91 Å². The molecule has 140 valence electrons. The minimum absolute atomic E-state index is 0.0309. The molecule has 0 bridgehead atoms. The number of rotatable bonds is 10. The fourth-order valence-electron chi connectivity index (χ4n) is 3.20. The van der Waals surface area contributed by atoms with E-state index in [0.29, 0.717) is 25.7 Å². The van der Waals surface area contributed by atoms with E-state index >= 15 is 0 Å². The van der Waals surface area contributed by atoms with Crippen molar-refractivity contribution in [2.75, 3.05) is 39.5 Å². The summed E-state index contributed by atoms with van der Waals surface area (Å²) in [4.78, 5) is 14.6. The quantitative estimate of drug-likeness (QED) is 0.660. The maximum Gasteiger partial charge on any atom is 0.248 e. The van der Waals surface area contributed by atoms with Crippen molar-refractivity contribution in [2.45, 2.75) is 39.3 Å². The van der Waals surface area contributed by atoms with Gasteiger partial charge >= 0.3 is 0 Å². The van der Waals surface area contributed by atoms with Gasteiger partial charge in [0.15, 0.2) is 0 Å². The third-order valence-corrected chi connectivity index (χ3v) is 4.59. The summed E-state index contributed by atoms with van der Waals surface area (Å²) in [5.74, 6) is 0.480. The van der Waals surface area contributed by atoms with Crippen LogP contribution >= 0.6 is 0 Å². The Morgan fingerprint density at radius 1 is 1.32 bits per heavy atom. The van der Waals surface area contributed by atoms with Crippen molar-refractivity contribution in [1.29, 1.82) is 0 Å². The van der Waals surface area contributed by atoms with Gasteiger partial charge in [0.05, 0.1) is 13.2 Å². The molecule has 0 unspecified atom stereocenters. The van der Waals surface area contributed by atoms with E-state index in [2.05, 4.69) is 40.5 Å². The summed E-state index contributed by atoms with van der Waals surface area (Å²) in [5, 5.41) is 3.05. The van der Waals surface area contributed by atoms with E-state index in [1.807, 2.05) is 6.92 Å². The fraction of sp³-hybridized carbons (Fsp3) is 0.650. The molecule has 1 heterocycles. The number of nitrogens with one attached hydrogen (secondary N) is 1. The van der Waals surface area contributed by atoms with Crippen molar-refractivity contribution < 1.29 is 14.3 Å². The van der Waals surface area contributed by atoms with Gasteiger partial charge in [0.25, 0.3) is 0 Å². The lowest BCUT2D eigenvalue weighted by Gasteiger charge is -2.33. The molecule has 0 saturated carbocycles. The van der Waals surface area contributed by atoms with Crippen molar-refractivity contribution in [2.24, 2.45) is 5.92 Å². The van der Waals surface area contributed by atoms with E-state index in [9.17, 15) is 4.79 Å². The summed E-state index contributed by atoms with van der Waals surface area (Å²) in [6.45, 7) is 9.29. The Balaban J connectivity index is 1.66. The summed E-state index contributed by atoms with van der Waals surface area (Å²) in [7, 11) is 0. The zero-order valence-corrected chi connectivity index (χ0v) is 15.6. The lowest BCUT2D eigenvalue weighted by molar-refractivity contribution is -0.132. The molecule has 1 fully saturated rings. The number of hydrogen-bond donors (Lipinski definition) is 1. The molecule has 25 heavy (non-hydrogen) atoms. The molecule has 0 radical (unpaired) electrons. The summed E-state index contributed by atoms with van der Waals surface area (Å²) in [6, 6.07) is 10.6. The predicted octanol–water partition coefficient (Wildman–Crippen LogP) is 2.46. The van der Waals surface area contributed by atoms with Gasteiger partial charge in [-0.25, -0.2) is 0 Å². The van der Waals surface area contributed by atoms with Crippen molar-refractivity contribution in [1.82, 2.24) is 10.2 Å². The van der Waals surface area contributed by atoms with Gasteiger partial charge in [-0.2, -0.15) is 0 Å². The smallest absolute Gasteiger partial charge is 0.248 e. The van der Waals surface area contributed by atoms with Crippen molar-refractivity contribution in [3.05, 3.63) is 35.9 Å². The molecule has 1 amide bonds. The molecular weight excluding hydrogens is 316 g/mol. The predicted molar refractivity (Wildman–Crippen MR) is 99.4 cm³/mol. The number of ether oxygens (including phenoxy) is 2. The van der Waals surface area contributed by atoms with Crippen LogP contribution in [-0.4, -0.2) is 56.4 Å². The maximum absolute atomic E-state index is 12.1. The van der Waals surface area contributed by atoms with E-state index < -0.39 is 6.10 Å². The first-order valence-electron chi connectivity index (χ1n) is 9.42. The van der Waals surface area contributed by atoms with Crippen molar-refractivity contribution >= 4 is 5.91 Å². The van der Waals surface area contributed by atoms with Gasteiger partial charge in [0.1, 0.15) is 6.10 Å². The van der Waals surface area contributed by atoms with Gasteiger partial charge < -0.3 is 14.8 Å². The van der Waals surface area contributed by atoms with Crippen LogP contribution in [0.2, 0.25) is 0 Å². The van der Waals surface area contributed by atoms with Gasteiger partial charge in [0.2, 0.25) is 5.91 Å². The number of carbonyl (C=O) groups is 1. The molecule has 1 saturated heterocycles. The van der Waals surface area contributed by atoms with Crippen molar-refractivity contribution in [3.8, 4) is 0 Å². The number of hydrogen-bond acceptors (Lipinski definition) is 4. The first-order chi connectivity index (χ1) is 12.2. The fourth-order valence-corrected chi connectivity index (χ4v) is 3.20. The lowest BCUT2D eigenvalue weighted by Crippen LogP contribution is -2.43. The highest BCUT2D eigenvalue weighted by Crippen LogP contribution is 2.18. The normalized spacial score (nSPS) is 19.5. The van der Waals surface area contributed by atoms with Gasteiger partial charge in [-0.05, 0) is 44.7 Å². The first-order valence-corrected chi connectivity index (χ1v) is 9.42. The molecule has 1 N–H and O–H groups in total. The Bertz CT molecular complexity index is 495. The van der Waals surface area contributed by atoms with Gasteiger partial charge in [-0.3, -0.25) is 9.69 Å². The molecule has 1 aliphatic heterocycles. The first kappa shape index (κ1) is 19.9. The number of nitrogens with zero attached hydrogens (tertiary/aromatic N) is 1. The molecule has 2 rings (SSSR count). The summed E-state index contributed by atoms with van der Waals surface area (Å²) in [6.07, 6.45) is 1.93. The second-order valence-electron chi connectivity index (χ2n) is 6.68. The molecule has 1 aromatic carbocycles. The van der Waals surface area contributed by atoms with Crippen LogP contribution in [0, 0.1) is 5.92 Å². The molecule has 0 spiro atoms. The highest BCUT2D eigenvalue weighted by atomic mass is 16.5. The molecule has 5 nitrogen and oxygen atoms in total. The summed E-state index contributed by atoms with van der Waals surface area (Å²) in [5.41, 5.74) is 1.35. The van der Waals surface area contributed by atoms with Crippen LogP contribution in [0.15, 0.2) is 30.3 Å². The number of benzene rings is 1. The number of carbonyl (C=O) groups excluding carboxylic acids is 1. The second-order valence-corrected chi connectivity index (χ2v) is 6.68. The molecule has 0 aromatic heterocycles. The number of amides is 1. The van der Waals surface area contributed by atoms with Crippen LogP contribution in [0.25, 0.3) is 0 Å². The lowest BCUT2D eigenvalue weighted by atomic mass is 9.97. The standard InChI is InChI=1S/C20H32N2O3/c1-3-24-12-13-25-17(2)20(23)21-14-19-10-7-11-22(16-19)15-18-8-5-4-6-9-18/h4-6,8-9,17,19H,3,7,10-16H2,1-2H3,(H,21,23)/t17-,19-/m0/s1. The zero-order chi connectivity index (χ0) is 17.9. The molecular formula is C20H32N2O3. The zero-order valence-electron chi connectivity index (χ0n) is 15.6. The largest absolute Gasteiger partial charge is 0.379 e. The average molecular weight is 348 g/mol. The molecule has 0 aliphatic carbocycles. The maximum atomic E-state index is 12.1. The minimum atomic E-state index is -0.426. The van der Waals surface area contributed by atoms with E-state index in [1.165, 1.54) is 18.4 Å². The molecule has 5 heteroatoms. The Morgan fingerprint density at radius 3 is 2.88 bits per heavy atom. The SMILES string of the molecule is CCOCCO[C@@H](C)C(=O)NC[C@@H]1CCCN(Cc2ccccc2)C1. The van der Waals surface area contributed by atoms with E-state index in [0.717, 1.165) is 26.2 Å². The van der Waals surface area contributed by atoms with Crippen LogP contribution in [-0.2, 0) is 20.8 Å². The Labute approximate surface area is 151 Å². The van der Waals surface area contributed by atoms with E-state index in [4.69, 9.17) is 9.47 Å². The summed E-state index contributed by atoms with van der Waals surface area (Å²) >= 11 is 0. The number of piperidine rings is 1. The molecule has 1 aromatic rings. The third kappa shape index (κ3) is 7.55. The van der Waals surface area contributed by atoms with Gasteiger partial charge in [0, 0.05) is 26.2 Å². The average Bonchev–Trinajstić information content (AvgIpc) is 2.64. The molecule has 1 aliphatic rings. The summed E-state index contributed by atoms with van der Waals surface area (Å²) < 4.78 is 10.7. The molecule has 2 atom stereocenters. The van der Waals surface area contributed by atoms with E-state index in [1.54, 1.807) is 6.92 Å². The van der Waals surface area contributed by atoms with Gasteiger partial charge in [-0.1, -0.05) is 30.3 Å². The Hall–Kier alpha value is -1.43. The Morgan fingerprint density at radius 2 is 2.12 bits per heavy atom. The topological polar surface area (TPSA) is 50.8 Å². The van der Waals surface area contributed by atoms with Crippen LogP contribution in [0.5, 0.6) is 0 Å². The van der Waals surface area contributed by atoms with Gasteiger partial charge in [-0.15, -0.1) is 0 Å². The van der Waals surface area contributed by atoms with Crippen molar-refractivity contribution in [3.63, 3.8) is 0 Å². The Kier molecular flexibility index (Phi) is 8.94. The third-order valence-electron chi connectivity index (χ3n) is 4.59. The van der Waals surface area contributed by atoms with Crippen LogP contribution in [0.3, 0.4) is 0 Å². The monoisotopic (exact) mass is 348 g/mol. The minimum Gasteiger partial charge on any atom is -0.379 e. The highest BCUT2D eigenvalue weighted by molar-refractivity contribution is 5.80. The van der Waals surface area contributed by atoms with Crippen LogP contribution < -0.4 is 5.32 Å².